The van der Waals surface area contributed by atoms with Crippen LogP contribution >= 0.6 is 0 Å². The van der Waals surface area contributed by atoms with Crippen LogP contribution in [0, 0.1) is 5.41 Å². The maximum Gasteiger partial charge on any atom is 0.306 e. The second-order valence-electron chi connectivity index (χ2n) is 4.60. The Morgan fingerprint density at radius 1 is 1.53 bits per heavy atom. The minimum absolute atomic E-state index is 0.134. The first kappa shape index (κ1) is 12.5. The smallest absolute Gasteiger partial charge is 0.306 e. The summed E-state index contributed by atoms with van der Waals surface area (Å²) in [6.07, 6.45) is 4.15. The number of rotatable bonds is 7. The minimum atomic E-state index is -0.134. The van der Waals surface area contributed by atoms with Crippen molar-refractivity contribution >= 4 is 5.97 Å². The summed E-state index contributed by atoms with van der Waals surface area (Å²) in [7, 11) is 3.48. The molecule has 0 unspecified atom stereocenters. The molecule has 0 atom stereocenters. The van der Waals surface area contributed by atoms with Crippen molar-refractivity contribution in [1.29, 1.82) is 0 Å². The maximum atomic E-state index is 11.0. The predicted molar refractivity (Wildman–Crippen MR) is 59.5 cm³/mol. The van der Waals surface area contributed by atoms with Gasteiger partial charge >= 0.3 is 5.97 Å². The van der Waals surface area contributed by atoms with Gasteiger partial charge in [-0.05, 0) is 38.3 Å². The van der Waals surface area contributed by atoms with Crippen molar-refractivity contribution in [2.75, 3.05) is 33.8 Å². The number of hydrogen-bond acceptors (Lipinski definition) is 4. The third kappa shape index (κ3) is 4.18. The van der Waals surface area contributed by atoms with Gasteiger partial charge in [-0.2, -0.15) is 0 Å². The van der Waals surface area contributed by atoms with Crippen LogP contribution < -0.4 is 5.73 Å². The second-order valence-corrected chi connectivity index (χ2v) is 4.60. The maximum absolute atomic E-state index is 11.0. The van der Waals surface area contributed by atoms with Gasteiger partial charge in [-0.1, -0.05) is 0 Å². The van der Waals surface area contributed by atoms with Crippen molar-refractivity contribution in [3.63, 3.8) is 0 Å². The zero-order chi connectivity index (χ0) is 11.3. The molecule has 2 N–H and O–H groups in total. The van der Waals surface area contributed by atoms with Gasteiger partial charge in [-0.25, -0.2) is 0 Å². The van der Waals surface area contributed by atoms with Crippen LogP contribution in [0.4, 0.5) is 0 Å². The average molecular weight is 214 g/mol. The zero-order valence-electron chi connectivity index (χ0n) is 9.79. The predicted octanol–water partition coefficient (Wildman–Crippen LogP) is 0.610. The molecule has 1 rings (SSSR count). The van der Waals surface area contributed by atoms with Gasteiger partial charge in [0, 0.05) is 13.1 Å². The monoisotopic (exact) mass is 214 g/mol. The lowest BCUT2D eigenvalue weighted by Crippen LogP contribution is -2.30. The molecule has 0 aliphatic heterocycles. The molecule has 0 aromatic heterocycles. The van der Waals surface area contributed by atoms with Crippen LogP contribution in [0.1, 0.15) is 25.7 Å². The standard InChI is InChI=1S/C11H22N2O2/c1-13(8-3-10(14)15-2)9-11(4-5-11)6-7-12/h3-9,12H2,1-2H3. The van der Waals surface area contributed by atoms with Crippen LogP contribution in [0.3, 0.4) is 0 Å². The topological polar surface area (TPSA) is 55.6 Å². The molecule has 0 spiro atoms. The highest BCUT2D eigenvalue weighted by molar-refractivity contribution is 5.69. The third-order valence-corrected chi connectivity index (χ3v) is 3.16. The molecule has 1 saturated carbocycles. The molecule has 1 fully saturated rings. The average Bonchev–Trinajstić information content (AvgIpc) is 2.95. The van der Waals surface area contributed by atoms with E-state index in [9.17, 15) is 4.79 Å². The summed E-state index contributed by atoms with van der Waals surface area (Å²) in [5, 5.41) is 0. The first-order valence-electron chi connectivity index (χ1n) is 5.57. The second kappa shape index (κ2) is 5.47. The molecule has 0 aromatic rings. The molecule has 0 heterocycles. The number of nitrogens with zero attached hydrogens (tertiary/aromatic N) is 1. The SMILES string of the molecule is COC(=O)CCN(C)CC1(CCN)CC1. The number of carbonyl (C=O) groups excluding carboxylic acids is 1. The molecular formula is C11H22N2O2. The lowest BCUT2D eigenvalue weighted by molar-refractivity contribution is -0.140. The molecule has 88 valence electrons. The number of nitrogens with two attached hydrogens (primary N) is 1. The molecule has 0 bridgehead atoms. The number of methoxy groups -OCH3 is 1. The summed E-state index contributed by atoms with van der Waals surface area (Å²) in [6, 6.07) is 0. The van der Waals surface area contributed by atoms with Gasteiger partial charge in [-0.3, -0.25) is 4.79 Å². The Hall–Kier alpha value is -0.610. The third-order valence-electron chi connectivity index (χ3n) is 3.16. The highest BCUT2D eigenvalue weighted by atomic mass is 16.5. The van der Waals surface area contributed by atoms with Crippen molar-refractivity contribution in [1.82, 2.24) is 4.90 Å². The molecule has 4 heteroatoms. The Kier molecular flexibility index (Phi) is 4.54. The van der Waals surface area contributed by atoms with E-state index in [4.69, 9.17) is 5.73 Å². The molecule has 15 heavy (non-hydrogen) atoms. The van der Waals surface area contributed by atoms with Crippen molar-refractivity contribution in [2.24, 2.45) is 11.1 Å². The number of esters is 1. The van der Waals surface area contributed by atoms with Gasteiger partial charge in [-0.15, -0.1) is 0 Å². The summed E-state index contributed by atoms with van der Waals surface area (Å²) >= 11 is 0. The highest BCUT2D eigenvalue weighted by Gasteiger charge is 2.42. The van der Waals surface area contributed by atoms with Gasteiger partial charge in [0.05, 0.1) is 13.5 Å². The molecule has 0 saturated heterocycles. The molecule has 0 amide bonds. The van der Waals surface area contributed by atoms with E-state index in [1.165, 1.54) is 20.0 Å². The summed E-state index contributed by atoms with van der Waals surface area (Å²) in [4.78, 5) is 13.2. The minimum Gasteiger partial charge on any atom is -0.469 e. The summed E-state index contributed by atoms with van der Waals surface area (Å²) in [5.41, 5.74) is 6.04. The highest BCUT2D eigenvalue weighted by Crippen LogP contribution is 2.48. The lowest BCUT2D eigenvalue weighted by atomic mass is 10.0. The summed E-state index contributed by atoms with van der Waals surface area (Å²) in [5.74, 6) is -0.134. The van der Waals surface area contributed by atoms with E-state index >= 15 is 0 Å². The van der Waals surface area contributed by atoms with Crippen molar-refractivity contribution < 1.29 is 9.53 Å². The fourth-order valence-electron chi connectivity index (χ4n) is 2.01. The Morgan fingerprint density at radius 2 is 2.20 bits per heavy atom. The van der Waals surface area contributed by atoms with Gasteiger partial charge in [0.2, 0.25) is 0 Å². The van der Waals surface area contributed by atoms with Crippen LogP contribution in [-0.2, 0) is 9.53 Å². The summed E-state index contributed by atoms with van der Waals surface area (Å²) < 4.78 is 4.61. The van der Waals surface area contributed by atoms with Crippen molar-refractivity contribution in [2.45, 2.75) is 25.7 Å². The zero-order valence-corrected chi connectivity index (χ0v) is 9.79. The molecule has 4 nitrogen and oxygen atoms in total. The van der Waals surface area contributed by atoms with E-state index in [1.54, 1.807) is 0 Å². The van der Waals surface area contributed by atoms with E-state index in [1.807, 2.05) is 0 Å². The molecular weight excluding hydrogens is 192 g/mol. The quantitative estimate of drug-likeness (QED) is 0.631. The van der Waals surface area contributed by atoms with E-state index in [0.29, 0.717) is 11.8 Å². The van der Waals surface area contributed by atoms with Gasteiger partial charge in [0.1, 0.15) is 0 Å². The van der Waals surface area contributed by atoms with E-state index in [-0.39, 0.29) is 5.97 Å². The van der Waals surface area contributed by atoms with Crippen molar-refractivity contribution in [3.05, 3.63) is 0 Å². The van der Waals surface area contributed by atoms with Crippen molar-refractivity contribution in [3.8, 4) is 0 Å². The van der Waals surface area contributed by atoms with Crippen LogP contribution in [-0.4, -0.2) is 44.7 Å². The van der Waals surface area contributed by atoms with Crippen LogP contribution in [0.25, 0.3) is 0 Å². The Morgan fingerprint density at radius 3 is 2.67 bits per heavy atom. The normalized spacial score (nSPS) is 17.9. The fraction of sp³-hybridized carbons (Fsp3) is 0.909. The fourth-order valence-corrected chi connectivity index (χ4v) is 2.01. The molecule has 1 aliphatic rings. The molecule has 1 aliphatic carbocycles. The van der Waals surface area contributed by atoms with E-state index in [0.717, 1.165) is 26.1 Å². The van der Waals surface area contributed by atoms with E-state index in [2.05, 4.69) is 16.7 Å². The summed E-state index contributed by atoms with van der Waals surface area (Å²) in [6.45, 7) is 2.60. The Balaban J connectivity index is 2.18. The first-order chi connectivity index (χ1) is 7.12. The number of ether oxygens (including phenoxy) is 1. The van der Waals surface area contributed by atoms with Gasteiger partial charge in [0.25, 0.3) is 0 Å². The largest absolute Gasteiger partial charge is 0.469 e. The number of hydrogen-bond donors (Lipinski definition) is 1. The molecule has 0 aromatic carbocycles. The van der Waals surface area contributed by atoms with Crippen LogP contribution in [0.5, 0.6) is 0 Å². The first-order valence-corrected chi connectivity index (χ1v) is 5.57. The van der Waals surface area contributed by atoms with Crippen LogP contribution in [0.15, 0.2) is 0 Å². The van der Waals surface area contributed by atoms with E-state index < -0.39 is 0 Å². The number of carbonyl (C=O) groups is 1. The van der Waals surface area contributed by atoms with Gasteiger partial charge in [0.15, 0.2) is 0 Å². The van der Waals surface area contributed by atoms with Crippen LogP contribution in [0.2, 0.25) is 0 Å². The Bertz CT molecular complexity index is 215. The Labute approximate surface area is 91.8 Å². The lowest BCUT2D eigenvalue weighted by Gasteiger charge is -2.22. The molecule has 0 radical (unpaired) electrons. The van der Waals surface area contributed by atoms with Gasteiger partial charge < -0.3 is 15.4 Å².